The lowest BCUT2D eigenvalue weighted by atomic mass is 9.88. The average molecular weight is 516 g/mol. The maximum Gasteiger partial charge on any atom is 0.341 e. The Balaban J connectivity index is 1.57. The van der Waals surface area contributed by atoms with E-state index in [4.69, 9.17) is 4.74 Å². The zero-order chi connectivity index (χ0) is 22.7. The highest BCUT2D eigenvalue weighted by molar-refractivity contribution is 9.10. The molecule has 2 heterocycles. The van der Waals surface area contributed by atoms with Crippen LogP contribution < -0.4 is 5.32 Å². The van der Waals surface area contributed by atoms with Gasteiger partial charge in [-0.1, -0.05) is 26.0 Å². The van der Waals surface area contributed by atoms with Crippen molar-refractivity contribution in [2.75, 3.05) is 11.9 Å². The Morgan fingerprint density at radius 3 is 2.97 bits per heavy atom. The summed E-state index contributed by atoms with van der Waals surface area (Å²) in [7, 11) is 0. The van der Waals surface area contributed by atoms with E-state index >= 15 is 0 Å². The first-order valence-electron chi connectivity index (χ1n) is 10.8. The number of carbonyl (C=O) groups excluding carboxylic acids is 2. The number of ether oxygens (including phenoxy) is 1. The molecule has 0 bridgehead atoms. The Morgan fingerprint density at radius 1 is 1.38 bits per heavy atom. The van der Waals surface area contributed by atoms with Crippen molar-refractivity contribution < 1.29 is 14.3 Å². The Labute approximate surface area is 200 Å². The number of hydrogen-bond acceptors (Lipinski definition) is 5. The quantitative estimate of drug-likeness (QED) is 0.409. The van der Waals surface area contributed by atoms with E-state index in [1.54, 1.807) is 16.9 Å². The van der Waals surface area contributed by atoms with Crippen molar-refractivity contribution in [3.8, 4) is 0 Å². The highest BCUT2D eigenvalue weighted by Crippen LogP contribution is 2.40. The number of amides is 1. The van der Waals surface area contributed by atoms with Gasteiger partial charge >= 0.3 is 5.97 Å². The first-order valence-corrected chi connectivity index (χ1v) is 12.5. The van der Waals surface area contributed by atoms with Crippen molar-refractivity contribution >= 4 is 44.1 Å². The summed E-state index contributed by atoms with van der Waals surface area (Å²) >= 11 is 4.91. The van der Waals surface area contributed by atoms with E-state index in [1.807, 2.05) is 31.3 Å². The molecule has 0 saturated carbocycles. The predicted molar refractivity (Wildman–Crippen MR) is 130 cm³/mol. The molecule has 0 unspecified atom stereocenters. The lowest BCUT2D eigenvalue weighted by Crippen LogP contribution is -2.17. The second-order valence-corrected chi connectivity index (χ2v) is 10.2. The van der Waals surface area contributed by atoms with Gasteiger partial charge in [-0.2, -0.15) is 5.10 Å². The van der Waals surface area contributed by atoms with Crippen LogP contribution in [0.25, 0.3) is 0 Å². The van der Waals surface area contributed by atoms with Crippen molar-refractivity contribution in [2.45, 2.75) is 46.1 Å². The second-order valence-electron chi connectivity index (χ2n) is 8.20. The fourth-order valence-electron chi connectivity index (χ4n) is 3.92. The molecule has 1 N–H and O–H groups in total. The van der Waals surface area contributed by atoms with Crippen LogP contribution in [0.5, 0.6) is 0 Å². The molecule has 1 amide bonds. The van der Waals surface area contributed by atoms with Crippen LogP contribution in [0.3, 0.4) is 0 Å². The first-order chi connectivity index (χ1) is 15.4. The summed E-state index contributed by atoms with van der Waals surface area (Å²) in [5.74, 6) is 0.000115. The van der Waals surface area contributed by atoms with E-state index < -0.39 is 0 Å². The molecule has 32 heavy (non-hydrogen) atoms. The number of anilines is 1. The molecule has 168 valence electrons. The molecule has 0 fully saturated rings. The molecule has 1 aromatic carbocycles. The van der Waals surface area contributed by atoms with Gasteiger partial charge < -0.3 is 10.1 Å². The molecule has 1 atom stereocenters. The van der Waals surface area contributed by atoms with Gasteiger partial charge in [0, 0.05) is 16.6 Å². The van der Waals surface area contributed by atoms with Gasteiger partial charge in [0.15, 0.2) is 0 Å². The molecule has 8 heteroatoms. The number of fused-ring (bicyclic) bond motifs is 1. The van der Waals surface area contributed by atoms with E-state index in [1.165, 1.54) is 16.2 Å². The van der Waals surface area contributed by atoms with Crippen LogP contribution >= 0.6 is 27.3 Å². The van der Waals surface area contributed by atoms with E-state index in [0.717, 1.165) is 41.3 Å². The molecule has 4 rings (SSSR count). The largest absolute Gasteiger partial charge is 0.462 e. The van der Waals surface area contributed by atoms with Gasteiger partial charge in [0.1, 0.15) is 5.00 Å². The maximum absolute atomic E-state index is 13.1. The number of carbonyl (C=O) groups is 2. The van der Waals surface area contributed by atoms with Gasteiger partial charge in [-0.3, -0.25) is 9.48 Å². The third-order valence-corrected chi connectivity index (χ3v) is 7.09. The van der Waals surface area contributed by atoms with Crippen LogP contribution in [0.4, 0.5) is 5.00 Å². The number of aromatic nitrogens is 2. The number of benzene rings is 1. The van der Waals surface area contributed by atoms with Crippen LogP contribution in [-0.4, -0.2) is 28.3 Å². The summed E-state index contributed by atoms with van der Waals surface area (Å²) in [4.78, 5) is 27.1. The smallest absolute Gasteiger partial charge is 0.341 e. The van der Waals surface area contributed by atoms with Gasteiger partial charge in [0.25, 0.3) is 5.91 Å². The monoisotopic (exact) mass is 515 g/mol. The zero-order valence-corrected chi connectivity index (χ0v) is 20.6. The minimum absolute atomic E-state index is 0.232. The second kappa shape index (κ2) is 10.0. The van der Waals surface area contributed by atoms with Gasteiger partial charge in [-0.25, -0.2) is 4.79 Å². The van der Waals surface area contributed by atoms with E-state index in [-0.39, 0.29) is 11.9 Å². The van der Waals surface area contributed by atoms with Gasteiger partial charge in [-0.05, 0) is 70.8 Å². The van der Waals surface area contributed by atoms with E-state index in [0.29, 0.717) is 35.2 Å². The summed E-state index contributed by atoms with van der Waals surface area (Å²) in [6.07, 6.45) is 7.19. The van der Waals surface area contributed by atoms with Crippen LogP contribution in [0.2, 0.25) is 0 Å². The molecule has 6 nitrogen and oxygen atoms in total. The number of halogens is 1. The van der Waals surface area contributed by atoms with Gasteiger partial charge in [0.05, 0.1) is 29.4 Å². The molecule has 0 spiro atoms. The molecule has 0 saturated heterocycles. The Morgan fingerprint density at radius 2 is 2.22 bits per heavy atom. The number of thiophene rings is 1. The Kier molecular flexibility index (Phi) is 7.10. The normalized spacial score (nSPS) is 15.3. The van der Waals surface area contributed by atoms with Crippen molar-refractivity contribution in [1.82, 2.24) is 9.78 Å². The van der Waals surface area contributed by atoms with Crippen molar-refractivity contribution in [1.29, 1.82) is 0 Å². The molecule has 1 aliphatic rings. The summed E-state index contributed by atoms with van der Waals surface area (Å²) in [6.45, 7) is 5.13. The van der Waals surface area contributed by atoms with Crippen LogP contribution in [0.15, 0.2) is 41.1 Å². The summed E-state index contributed by atoms with van der Waals surface area (Å²) in [5.41, 5.74) is 3.09. The van der Waals surface area contributed by atoms with Crippen molar-refractivity contribution in [3.63, 3.8) is 0 Å². The Bertz CT molecular complexity index is 1140. The molecular weight excluding hydrogens is 490 g/mol. The lowest BCUT2D eigenvalue weighted by Gasteiger charge is -2.18. The zero-order valence-electron chi connectivity index (χ0n) is 18.2. The standard InChI is InChI=1S/C24H26BrN3O3S/c1-3-9-31-24(30)21-19-8-7-15(2)10-20(19)32-23(21)27-22(29)17-6-4-5-16(11-17)13-28-14-18(25)12-26-28/h4-6,11-12,14-15H,3,7-10,13H2,1-2H3,(H,27,29)/t15-/m1/s1. The van der Waals surface area contributed by atoms with Crippen LogP contribution in [-0.2, 0) is 24.1 Å². The molecule has 0 radical (unpaired) electrons. The SMILES string of the molecule is CCCOC(=O)c1c(NC(=O)c2cccc(Cn3cc(Br)cn3)c2)sc2c1CC[C@@H](C)C2. The minimum Gasteiger partial charge on any atom is -0.462 e. The Hall–Kier alpha value is -2.45. The fourth-order valence-corrected chi connectivity index (χ4v) is 5.64. The third kappa shape index (κ3) is 5.13. The fraction of sp³-hybridized carbons (Fsp3) is 0.375. The predicted octanol–water partition coefficient (Wildman–Crippen LogP) is 5.70. The van der Waals surface area contributed by atoms with Crippen molar-refractivity contribution in [3.05, 3.63) is 68.3 Å². The lowest BCUT2D eigenvalue weighted by molar-refractivity contribution is 0.0505. The van der Waals surface area contributed by atoms with Gasteiger partial charge in [0.2, 0.25) is 0 Å². The number of esters is 1. The summed E-state index contributed by atoms with van der Waals surface area (Å²) < 4.78 is 8.16. The minimum atomic E-state index is -0.341. The third-order valence-electron chi connectivity index (χ3n) is 5.52. The highest BCUT2D eigenvalue weighted by Gasteiger charge is 2.29. The molecular formula is C24H26BrN3O3S. The number of rotatable bonds is 7. The molecule has 3 aromatic rings. The molecule has 1 aliphatic carbocycles. The highest BCUT2D eigenvalue weighted by atomic mass is 79.9. The maximum atomic E-state index is 13.1. The van der Waals surface area contributed by atoms with E-state index in [9.17, 15) is 9.59 Å². The summed E-state index contributed by atoms with van der Waals surface area (Å²) in [6, 6.07) is 7.46. The van der Waals surface area contributed by atoms with Crippen molar-refractivity contribution in [2.24, 2.45) is 5.92 Å². The molecule has 0 aliphatic heterocycles. The van der Waals surface area contributed by atoms with Gasteiger partial charge in [-0.15, -0.1) is 11.3 Å². The summed E-state index contributed by atoms with van der Waals surface area (Å²) in [5, 5.41) is 7.87. The topological polar surface area (TPSA) is 73.2 Å². The number of hydrogen-bond donors (Lipinski definition) is 1. The molecule has 2 aromatic heterocycles. The first kappa shape index (κ1) is 22.7. The van der Waals surface area contributed by atoms with Crippen LogP contribution in [0.1, 0.15) is 63.4 Å². The average Bonchev–Trinajstić information content (AvgIpc) is 3.34. The number of nitrogens with zero attached hydrogens (tertiary/aromatic N) is 2. The number of nitrogens with one attached hydrogen (secondary N) is 1. The van der Waals surface area contributed by atoms with E-state index in [2.05, 4.69) is 33.3 Å². The van der Waals surface area contributed by atoms with Crippen LogP contribution in [0, 0.1) is 5.92 Å².